The molecule has 1 aromatic rings. The summed E-state index contributed by atoms with van der Waals surface area (Å²) in [5.74, 6) is -0.822. The van der Waals surface area contributed by atoms with E-state index in [0.29, 0.717) is 0 Å². The van der Waals surface area contributed by atoms with Gasteiger partial charge < -0.3 is 10.5 Å². The number of ether oxygens (including phenoxy) is 1. The zero-order valence-electron chi connectivity index (χ0n) is 8.96. The number of anilines is 1. The third-order valence-electron chi connectivity index (χ3n) is 2.12. The first-order chi connectivity index (χ1) is 7.49. The summed E-state index contributed by atoms with van der Waals surface area (Å²) in [5, 5.41) is 0. The lowest BCUT2D eigenvalue weighted by molar-refractivity contribution is 0.0514. The van der Waals surface area contributed by atoms with Crippen molar-refractivity contribution < 1.29 is 18.3 Å². The van der Waals surface area contributed by atoms with Gasteiger partial charge in [-0.05, 0) is 13.8 Å². The minimum atomic E-state index is -2.79. The molecule has 1 heterocycles. The van der Waals surface area contributed by atoms with Gasteiger partial charge in [0.2, 0.25) is 0 Å². The molecule has 88 valence electrons. The Hall–Kier alpha value is -1.72. The fourth-order valence-electron chi connectivity index (χ4n) is 1.29. The Morgan fingerprint density at radius 3 is 2.75 bits per heavy atom. The Morgan fingerprint density at radius 1 is 1.62 bits per heavy atom. The normalized spacial score (nSPS) is 10.6. The van der Waals surface area contributed by atoms with Crippen LogP contribution >= 0.6 is 0 Å². The largest absolute Gasteiger partial charge is 0.462 e. The molecule has 0 radical (unpaired) electrons. The summed E-state index contributed by atoms with van der Waals surface area (Å²) in [6.07, 6.45) is -1.77. The highest BCUT2D eigenvalue weighted by Crippen LogP contribution is 2.28. The van der Waals surface area contributed by atoms with E-state index in [1.807, 2.05) is 0 Å². The van der Waals surface area contributed by atoms with Crippen LogP contribution in [0, 0.1) is 6.92 Å². The quantitative estimate of drug-likeness (QED) is 0.807. The molecule has 1 aromatic heterocycles. The van der Waals surface area contributed by atoms with Gasteiger partial charge in [-0.15, -0.1) is 0 Å². The Balaban J connectivity index is 3.28. The second kappa shape index (κ2) is 4.87. The summed E-state index contributed by atoms with van der Waals surface area (Å²) in [6.45, 7) is 3.11. The Labute approximate surface area is 91.4 Å². The average Bonchev–Trinajstić information content (AvgIpc) is 2.21. The van der Waals surface area contributed by atoms with Crippen molar-refractivity contribution in [1.29, 1.82) is 0 Å². The summed E-state index contributed by atoms with van der Waals surface area (Å²) >= 11 is 0. The fourth-order valence-corrected chi connectivity index (χ4v) is 1.29. The van der Waals surface area contributed by atoms with Crippen LogP contribution < -0.4 is 5.73 Å². The molecule has 0 saturated heterocycles. The van der Waals surface area contributed by atoms with Gasteiger partial charge in [0.1, 0.15) is 5.82 Å². The number of hydrogen-bond donors (Lipinski definition) is 1. The summed E-state index contributed by atoms with van der Waals surface area (Å²) < 4.78 is 30.2. The van der Waals surface area contributed by atoms with Crippen molar-refractivity contribution in [3.8, 4) is 0 Å². The number of hydrogen-bond acceptors (Lipinski definition) is 4. The molecule has 0 unspecified atom stereocenters. The minimum Gasteiger partial charge on any atom is -0.462 e. The molecule has 0 aliphatic carbocycles. The van der Waals surface area contributed by atoms with Crippen molar-refractivity contribution in [3.05, 3.63) is 22.9 Å². The highest BCUT2D eigenvalue weighted by atomic mass is 19.3. The van der Waals surface area contributed by atoms with Gasteiger partial charge in [-0.2, -0.15) is 0 Å². The van der Waals surface area contributed by atoms with E-state index in [4.69, 9.17) is 5.73 Å². The van der Waals surface area contributed by atoms with Gasteiger partial charge in [0, 0.05) is 17.3 Å². The highest BCUT2D eigenvalue weighted by Gasteiger charge is 2.23. The molecule has 0 aliphatic rings. The van der Waals surface area contributed by atoms with Crippen molar-refractivity contribution in [1.82, 2.24) is 4.98 Å². The van der Waals surface area contributed by atoms with Crippen LogP contribution in [-0.2, 0) is 4.74 Å². The maximum absolute atomic E-state index is 12.8. The molecule has 0 fully saturated rings. The zero-order chi connectivity index (χ0) is 12.3. The van der Waals surface area contributed by atoms with Gasteiger partial charge in [-0.1, -0.05) is 0 Å². The van der Waals surface area contributed by atoms with E-state index in [-0.39, 0.29) is 23.6 Å². The average molecular weight is 230 g/mol. The fraction of sp³-hybridized carbons (Fsp3) is 0.400. The molecular weight excluding hydrogens is 218 g/mol. The Kier molecular flexibility index (Phi) is 3.76. The number of carbonyl (C=O) groups excluding carboxylic acids is 1. The molecule has 0 aliphatic heterocycles. The van der Waals surface area contributed by atoms with Crippen LogP contribution in [-0.4, -0.2) is 17.6 Å². The van der Waals surface area contributed by atoms with Crippen molar-refractivity contribution in [2.24, 2.45) is 0 Å². The number of nitrogens with two attached hydrogens (primary N) is 1. The third-order valence-corrected chi connectivity index (χ3v) is 2.12. The summed E-state index contributed by atoms with van der Waals surface area (Å²) in [6, 6.07) is 0. The SMILES string of the molecule is CCOC(=O)c1cnc(N)c(C)c1C(F)F. The maximum Gasteiger partial charge on any atom is 0.340 e. The van der Waals surface area contributed by atoms with Gasteiger partial charge >= 0.3 is 5.97 Å². The molecule has 0 aromatic carbocycles. The molecule has 16 heavy (non-hydrogen) atoms. The van der Waals surface area contributed by atoms with Gasteiger partial charge in [0.05, 0.1) is 12.2 Å². The van der Waals surface area contributed by atoms with E-state index >= 15 is 0 Å². The summed E-state index contributed by atoms with van der Waals surface area (Å²) in [4.78, 5) is 15.1. The lowest BCUT2D eigenvalue weighted by Crippen LogP contribution is -2.12. The number of halogens is 2. The topological polar surface area (TPSA) is 65.2 Å². The number of alkyl halides is 2. The molecule has 0 saturated carbocycles. The predicted octanol–water partition coefficient (Wildman–Crippen LogP) is 2.09. The number of nitrogens with zero attached hydrogens (tertiary/aromatic N) is 1. The second-order valence-corrected chi connectivity index (χ2v) is 3.12. The van der Waals surface area contributed by atoms with E-state index in [1.165, 1.54) is 6.92 Å². The Morgan fingerprint density at radius 2 is 2.25 bits per heavy atom. The van der Waals surface area contributed by atoms with Crippen LogP contribution in [0.5, 0.6) is 0 Å². The lowest BCUT2D eigenvalue weighted by Gasteiger charge is -2.11. The minimum absolute atomic E-state index is 0.0108. The molecule has 4 nitrogen and oxygen atoms in total. The molecule has 0 amide bonds. The van der Waals surface area contributed by atoms with Crippen molar-refractivity contribution in [2.75, 3.05) is 12.3 Å². The first-order valence-electron chi connectivity index (χ1n) is 4.69. The van der Waals surface area contributed by atoms with Crippen molar-refractivity contribution in [2.45, 2.75) is 20.3 Å². The van der Waals surface area contributed by atoms with Crippen molar-refractivity contribution >= 4 is 11.8 Å². The molecule has 0 spiro atoms. The van der Waals surface area contributed by atoms with Crippen LogP contribution in [0.15, 0.2) is 6.20 Å². The van der Waals surface area contributed by atoms with Gasteiger partial charge in [-0.25, -0.2) is 18.6 Å². The number of carbonyl (C=O) groups is 1. The van der Waals surface area contributed by atoms with Crippen LogP contribution in [0.1, 0.15) is 34.8 Å². The number of aromatic nitrogens is 1. The molecule has 2 N–H and O–H groups in total. The first kappa shape index (κ1) is 12.4. The molecule has 6 heteroatoms. The van der Waals surface area contributed by atoms with Gasteiger partial charge in [0.25, 0.3) is 6.43 Å². The number of esters is 1. The third kappa shape index (κ3) is 2.26. The molecule has 1 rings (SSSR count). The van der Waals surface area contributed by atoms with Crippen LogP contribution in [0.4, 0.5) is 14.6 Å². The smallest absolute Gasteiger partial charge is 0.340 e. The monoisotopic (exact) mass is 230 g/mol. The second-order valence-electron chi connectivity index (χ2n) is 3.12. The standard InChI is InChI=1S/C10H12F2N2O2/c1-3-16-10(15)6-4-14-9(13)5(2)7(6)8(11)12/h4,8H,3H2,1-2H3,(H2,13,14). The van der Waals surface area contributed by atoms with Crippen molar-refractivity contribution in [3.63, 3.8) is 0 Å². The maximum atomic E-state index is 12.8. The van der Waals surface area contributed by atoms with Gasteiger partial charge in [-0.3, -0.25) is 0 Å². The van der Waals surface area contributed by atoms with Crippen LogP contribution in [0.3, 0.4) is 0 Å². The molecular formula is C10H12F2N2O2. The van der Waals surface area contributed by atoms with Crippen LogP contribution in [0.25, 0.3) is 0 Å². The van der Waals surface area contributed by atoms with Gasteiger partial charge in [0.15, 0.2) is 0 Å². The number of rotatable bonds is 3. The van der Waals surface area contributed by atoms with E-state index in [1.54, 1.807) is 6.92 Å². The van der Waals surface area contributed by atoms with Crippen LogP contribution in [0.2, 0.25) is 0 Å². The predicted molar refractivity (Wildman–Crippen MR) is 54.3 cm³/mol. The highest BCUT2D eigenvalue weighted by molar-refractivity contribution is 5.91. The lowest BCUT2D eigenvalue weighted by atomic mass is 10.1. The van der Waals surface area contributed by atoms with E-state index < -0.39 is 18.0 Å². The summed E-state index contributed by atoms with van der Waals surface area (Å²) in [7, 11) is 0. The number of pyridine rings is 1. The van der Waals surface area contributed by atoms with E-state index in [0.717, 1.165) is 6.20 Å². The zero-order valence-corrected chi connectivity index (χ0v) is 8.96. The summed E-state index contributed by atoms with van der Waals surface area (Å²) in [5.41, 5.74) is 4.87. The molecule has 0 atom stereocenters. The molecule has 0 bridgehead atoms. The Bertz CT molecular complexity index is 408. The first-order valence-corrected chi connectivity index (χ1v) is 4.69. The number of nitrogen functional groups attached to an aromatic ring is 1. The van der Waals surface area contributed by atoms with E-state index in [2.05, 4.69) is 9.72 Å². The van der Waals surface area contributed by atoms with E-state index in [9.17, 15) is 13.6 Å².